The van der Waals surface area contributed by atoms with Gasteiger partial charge in [-0.2, -0.15) is 0 Å². The van der Waals surface area contributed by atoms with Crippen molar-refractivity contribution in [3.8, 4) is 0 Å². The largest absolute Gasteiger partial charge is 0.459 e. The smallest absolute Gasteiger partial charge is 0.310 e. The molecule has 1 amide bonds. The maximum Gasteiger partial charge on any atom is 0.310 e. The first-order valence-corrected chi connectivity index (χ1v) is 4.45. The number of benzene rings is 1. The Morgan fingerprint density at radius 1 is 1.43 bits per heavy atom. The van der Waals surface area contributed by atoms with Crippen LogP contribution in [0.2, 0.25) is 0 Å². The summed E-state index contributed by atoms with van der Waals surface area (Å²) >= 11 is 1.98. The molecule has 3 nitrogen and oxygen atoms in total. The summed E-state index contributed by atoms with van der Waals surface area (Å²) in [5.41, 5.74) is 0.183. The van der Waals surface area contributed by atoms with Gasteiger partial charge in [-0.1, -0.05) is 0 Å². The minimum Gasteiger partial charge on any atom is -0.459 e. The second kappa shape index (κ2) is 4.36. The van der Waals surface area contributed by atoms with Gasteiger partial charge in [-0.25, -0.2) is 4.39 Å². The third kappa shape index (κ3) is 2.19. The van der Waals surface area contributed by atoms with Crippen LogP contribution in [0.1, 0.15) is 27.6 Å². The van der Waals surface area contributed by atoms with Crippen molar-refractivity contribution in [2.45, 2.75) is 6.92 Å². The highest BCUT2D eigenvalue weighted by Gasteiger charge is 2.11. The second-order valence-electron chi connectivity index (χ2n) is 2.72. The van der Waals surface area contributed by atoms with E-state index in [0.29, 0.717) is 5.56 Å². The van der Waals surface area contributed by atoms with Gasteiger partial charge in [0.2, 0.25) is 5.91 Å². The van der Waals surface area contributed by atoms with E-state index in [9.17, 15) is 14.0 Å². The van der Waals surface area contributed by atoms with Crippen LogP contribution in [0.3, 0.4) is 0 Å². The minimum atomic E-state index is -0.644. The molecular formula is C9H7AlFNO2. The van der Waals surface area contributed by atoms with Gasteiger partial charge in [0.05, 0.1) is 5.56 Å². The number of amides is 1. The van der Waals surface area contributed by atoms with Gasteiger partial charge in [-0.15, -0.1) is 0 Å². The summed E-state index contributed by atoms with van der Waals surface area (Å²) in [6.07, 6.45) is 0. The molecule has 1 aromatic carbocycles. The number of hydrogen-bond acceptors (Lipinski definition) is 2. The number of nitrogens with one attached hydrogen (secondary N) is 1. The lowest BCUT2D eigenvalue weighted by atomic mass is 10.1. The highest BCUT2D eigenvalue weighted by Crippen LogP contribution is 2.10. The molecule has 0 aliphatic carbocycles. The van der Waals surface area contributed by atoms with Gasteiger partial charge in [0, 0.05) is 5.56 Å². The van der Waals surface area contributed by atoms with Crippen LogP contribution in [0.4, 0.5) is 4.39 Å². The summed E-state index contributed by atoms with van der Waals surface area (Å²) in [6.45, 7) is 1.36. The molecule has 0 aromatic heterocycles. The molecule has 14 heavy (non-hydrogen) atoms. The Hall–Kier alpha value is -1.18. The number of hydrogen-bond donors (Lipinski definition) is 1. The number of ketones is 1. The molecule has 2 radical (unpaired) electrons. The topological polar surface area (TPSA) is 46.2 Å². The third-order valence-electron chi connectivity index (χ3n) is 1.75. The first-order chi connectivity index (χ1) is 6.56. The molecule has 1 aromatic rings. The lowest BCUT2D eigenvalue weighted by Gasteiger charge is -2.03. The molecule has 0 atom stereocenters. The lowest BCUT2D eigenvalue weighted by Crippen LogP contribution is -2.21. The Labute approximate surface area is 88.9 Å². The predicted octanol–water partition coefficient (Wildman–Crippen LogP) is 0.842. The lowest BCUT2D eigenvalue weighted by molar-refractivity contribution is 0.0977. The van der Waals surface area contributed by atoms with E-state index < -0.39 is 11.7 Å². The molecule has 0 saturated heterocycles. The van der Waals surface area contributed by atoms with Crippen molar-refractivity contribution < 1.29 is 14.0 Å². The second-order valence-corrected chi connectivity index (χ2v) is 3.01. The third-order valence-corrected chi connectivity index (χ3v) is 2.01. The van der Waals surface area contributed by atoms with E-state index in [4.69, 9.17) is 0 Å². The van der Waals surface area contributed by atoms with Crippen molar-refractivity contribution >= 4 is 28.2 Å². The Bertz CT molecular complexity index is 392. The van der Waals surface area contributed by atoms with Crippen LogP contribution < -0.4 is 4.30 Å². The van der Waals surface area contributed by atoms with E-state index in [2.05, 4.69) is 4.30 Å². The zero-order chi connectivity index (χ0) is 10.7. The quantitative estimate of drug-likeness (QED) is 0.577. The summed E-state index contributed by atoms with van der Waals surface area (Å²) in [7, 11) is 0. The Balaban J connectivity index is 3.21. The normalized spacial score (nSPS) is 9.57. The molecule has 70 valence electrons. The summed E-state index contributed by atoms with van der Waals surface area (Å²) < 4.78 is 15.3. The van der Waals surface area contributed by atoms with Gasteiger partial charge in [0.15, 0.2) is 5.78 Å². The first-order valence-electron chi connectivity index (χ1n) is 3.87. The van der Waals surface area contributed by atoms with Crippen LogP contribution in [-0.4, -0.2) is 28.2 Å². The van der Waals surface area contributed by atoms with Gasteiger partial charge < -0.3 is 4.30 Å². The first kappa shape index (κ1) is 10.9. The van der Waals surface area contributed by atoms with E-state index in [1.807, 2.05) is 16.5 Å². The van der Waals surface area contributed by atoms with Crippen molar-refractivity contribution in [2.24, 2.45) is 0 Å². The molecule has 1 N–H and O–H groups in total. The van der Waals surface area contributed by atoms with E-state index in [1.54, 1.807) is 0 Å². The number of halogens is 1. The van der Waals surface area contributed by atoms with Gasteiger partial charge in [0.1, 0.15) is 5.82 Å². The Kier molecular flexibility index (Phi) is 3.39. The molecule has 0 unspecified atom stereocenters. The van der Waals surface area contributed by atoms with Crippen LogP contribution in [0, 0.1) is 5.82 Å². The van der Waals surface area contributed by atoms with Crippen LogP contribution in [0.5, 0.6) is 0 Å². The van der Waals surface area contributed by atoms with E-state index in [0.717, 1.165) is 6.07 Å². The standard InChI is InChI=1S/C9H8FNO2.Al/c1-5(12)6-2-3-8(10)7(4-6)9(11)13;/h2-4H,1H3,(H2,11,13);/q;+1/p-1. The zero-order valence-corrected chi connectivity index (χ0v) is 8.66. The van der Waals surface area contributed by atoms with Crippen LogP contribution in [-0.2, 0) is 0 Å². The van der Waals surface area contributed by atoms with Gasteiger partial charge in [-0.3, -0.25) is 9.59 Å². The average molecular weight is 207 g/mol. The summed E-state index contributed by atoms with van der Waals surface area (Å²) in [4.78, 5) is 22.1. The average Bonchev–Trinajstić information content (AvgIpc) is 2.17. The molecule has 1 rings (SSSR count). The highest BCUT2D eigenvalue weighted by molar-refractivity contribution is 6.18. The maximum atomic E-state index is 13.1. The fraction of sp³-hybridized carbons (Fsp3) is 0.111. The van der Waals surface area contributed by atoms with Crippen LogP contribution >= 0.6 is 0 Å². The predicted molar refractivity (Wildman–Crippen MR) is 49.6 cm³/mol. The number of rotatable bonds is 2. The fourth-order valence-electron chi connectivity index (χ4n) is 0.996. The van der Waals surface area contributed by atoms with Crippen LogP contribution in [0.15, 0.2) is 18.2 Å². The number of Topliss-reactive ketones (excluding diaryl/α,β-unsaturated/α-hetero) is 1. The summed E-state index contributed by atoms with van der Waals surface area (Å²) in [5, 5.41) is 0. The number of carbonyl (C=O) groups is 2. The van der Waals surface area contributed by atoms with Crippen molar-refractivity contribution in [3.05, 3.63) is 35.1 Å². The molecule has 0 saturated carbocycles. The minimum absolute atomic E-state index is 0.132. The van der Waals surface area contributed by atoms with Gasteiger partial charge in [0.25, 0.3) is 0 Å². The number of carbonyl (C=O) groups excluding carboxylic acids is 2. The maximum absolute atomic E-state index is 13.1. The summed E-state index contributed by atoms with van der Waals surface area (Å²) in [6, 6.07) is 3.68. The molecule has 0 fully saturated rings. The molecule has 0 spiro atoms. The van der Waals surface area contributed by atoms with E-state index >= 15 is 0 Å². The molecule has 5 heteroatoms. The molecule has 0 aliphatic rings. The van der Waals surface area contributed by atoms with E-state index in [1.165, 1.54) is 19.1 Å². The summed E-state index contributed by atoms with van der Waals surface area (Å²) in [5.74, 6) is -1.42. The zero-order valence-electron chi connectivity index (χ0n) is 7.50. The monoisotopic (exact) mass is 207 g/mol. The van der Waals surface area contributed by atoms with Crippen molar-refractivity contribution in [3.63, 3.8) is 0 Å². The Morgan fingerprint density at radius 3 is 2.57 bits per heavy atom. The Morgan fingerprint density at radius 2 is 2.07 bits per heavy atom. The van der Waals surface area contributed by atoms with E-state index in [-0.39, 0.29) is 11.3 Å². The van der Waals surface area contributed by atoms with Crippen molar-refractivity contribution in [1.29, 1.82) is 0 Å². The van der Waals surface area contributed by atoms with Gasteiger partial charge in [-0.05, 0) is 25.1 Å². The molecule has 0 bridgehead atoms. The molecule has 0 heterocycles. The van der Waals surface area contributed by atoms with Crippen molar-refractivity contribution in [1.82, 2.24) is 4.30 Å². The molecule has 0 aliphatic heterocycles. The SMILES string of the molecule is CC(=O)c1ccc(F)c(C(=O)[NH][Al])c1. The van der Waals surface area contributed by atoms with Crippen LogP contribution in [0.25, 0.3) is 0 Å². The van der Waals surface area contributed by atoms with Crippen molar-refractivity contribution in [2.75, 3.05) is 0 Å². The fourth-order valence-corrected chi connectivity index (χ4v) is 1.15. The highest BCUT2D eigenvalue weighted by atomic mass is 27.1. The molecular weight excluding hydrogens is 200 g/mol. The van der Waals surface area contributed by atoms with Gasteiger partial charge >= 0.3 is 16.5 Å².